The summed E-state index contributed by atoms with van der Waals surface area (Å²) in [5.41, 5.74) is 4.41. The van der Waals surface area contributed by atoms with Crippen LogP contribution >= 0.6 is 0 Å². The topological polar surface area (TPSA) is 20.2 Å². The lowest BCUT2D eigenvalue weighted by Gasteiger charge is -2.08. The van der Waals surface area contributed by atoms with E-state index in [4.69, 9.17) is 0 Å². The molecule has 1 nitrogen and oxygen atoms in total. The van der Waals surface area contributed by atoms with Gasteiger partial charge in [0, 0.05) is 5.56 Å². The van der Waals surface area contributed by atoms with E-state index >= 15 is 0 Å². The Bertz CT molecular complexity index is 555. The molecule has 2 aromatic rings. The minimum absolute atomic E-state index is 0.336. The van der Waals surface area contributed by atoms with Crippen molar-refractivity contribution in [3.05, 3.63) is 66.2 Å². The molecule has 0 saturated carbocycles. The van der Waals surface area contributed by atoms with Gasteiger partial charge in [-0.1, -0.05) is 43.3 Å². The average Bonchev–Trinajstić information content (AvgIpc) is 2.40. The molecule has 0 unspecified atom stereocenters. The van der Waals surface area contributed by atoms with Crippen LogP contribution in [0.25, 0.3) is 11.1 Å². The number of hydrogen-bond acceptors (Lipinski definition) is 1. The molecule has 1 heteroatoms. The third-order valence-electron chi connectivity index (χ3n) is 3.09. The van der Waals surface area contributed by atoms with Crippen LogP contribution in [0.2, 0.25) is 0 Å². The molecule has 0 fully saturated rings. The maximum Gasteiger partial charge on any atom is 0.123 e. The molecule has 2 rings (SSSR count). The molecule has 2 aromatic carbocycles. The quantitative estimate of drug-likeness (QED) is 0.785. The van der Waals surface area contributed by atoms with Gasteiger partial charge in [0.2, 0.25) is 0 Å². The SMILES string of the molecule is C=CCc1cccc(-c2cc(CC)ccc2O)c1. The van der Waals surface area contributed by atoms with Crippen LogP contribution in [0, 0.1) is 0 Å². The van der Waals surface area contributed by atoms with E-state index in [0.717, 1.165) is 24.0 Å². The summed E-state index contributed by atoms with van der Waals surface area (Å²) in [6, 6.07) is 14.0. The molecular formula is C17H18O. The Morgan fingerprint density at radius 3 is 2.67 bits per heavy atom. The number of aromatic hydroxyl groups is 1. The van der Waals surface area contributed by atoms with Crippen molar-refractivity contribution in [1.29, 1.82) is 0 Å². The van der Waals surface area contributed by atoms with E-state index in [1.165, 1.54) is 11.1 Å². The molecule has 0 aliphatic rings. The van der Waals surface area contributed by atoms with E-state index in [2.05, 4.69) is 31.7 Å². The normalized spacial score (nSPS) is 10.3. The van der Waals surface area contributed by atoms with Crippen LogP contribution in [0.4, 0.5) is 0 Å². The summed E-state index contributed by atoms with van der Waals surface area (Å²) in [6.45, 7) is 5.87. The highest BCUT2D eigenvalue weighted by molar-refractivity contribution is 5.71. The third kappa shape index (κ3) is 2.62. The minimum Gasteiger partial charge on any atom is -0.507 e. The van der Waals surface area contributed by atoms with Gasteiger partial charge in [-0.3, -0.25) is 0 Å². The third-order valence-corrected chi connectivity index (χ3v) is 3.09. The van der Waals surface area contributed by atoms with Crippen molar-refractivity contribution in [2.24, 2.45) is 0 Å². The summed E-state index contributed by atoms with van der Waals surface area (Å²) in [5, 5.41) is 9.98. The smallest absolute Gasteiger partial charge is 0.123 e. The monoisotopic (exact) mass is 238 g/mol. The number of benzene rings is 2. The first-order valence-corrected chi connectivity index (χ1v) is 6.26. The van der Waals surface area contributed by atoms with E-state index in [-0.39, 0.29) is 0 Å². The zero-order valence-electron chi connectivity index (χ0n) is 10.7. The van der Waals surface area contributed by atoms with Crippen molar-refractivity contribution < 1.29 is 5.11 Å². The fourth-order valence-electron chi connectivity index (χ4n) is 2.07. The van der Waals surface area contributed by atoms with Crippen LogP contribution in [-0.4, -0.2) is 5.11 Å². The second kappa shape index (κ2) is 5.54. The lowest BCUT2D eigenvalue weighted by atomic mass is 9.98. The summed E-state index contributed by atoms with van der Waals surface area (Å²) in [7, 11) is 0. The van der Waals surface area contributed by atoms with Crippen LogP contribution in [-0.2, 0) is 12.8 Å². The standard InChI is InChI=1S/C17H18O/c1-3-6-14-7-5-8-15(11-14)16-12-13(4-2)9-10-17(16)18/h3,5,7-12,18H,1,4,6H2,2H3. The van der Waals surface area contributed by atoms with Gasteiger partial charge < -0.3 is 5.11 Å². The van der Waals surface area contributed by atoms with Gasteiger partial charge in [0.25, 0.3) is 0 Å². The maximum absolute atomic E-state index is 9.98. The molecule has 92 valence electrons. The van der Waals surface area contributed by atoms with Gasteiger partial charge in [-0.25, -0.2) is 0 Å². The second-order valence-corrected chi connectivity index (χ2v) is 4.40. The number of hydrogen-bond donors (Lipinski definition) is 1. The van der Waals surface area contributed by atoms with Crippen molar-refractivity contribution in [2.45, 2.75) is 19.8 Å². The summed E-state index contributed by atoms with van der Waals surface area (Å²) in [6.07, 6.45) is 3.71. The maximum atomic E-state index is 9.98. The first-order chi connectivity index (χ1) is 8.74. The number of rotatable bonds is 4. The summed E-state index contributed by atoms with van der Waals surface area (Å²) >= 11 is 0. The predicted octanol–water partition coefficient (Wildman–Crippen LogP) is 4.35. The van der Waals surface area contributed by atoms with Crippen molar-refractivity contribution in [3.8, 4) is 16.9 Å². The second-order valence-electron chi connectivity index (χ2n) is 4.40. The fourth-order valence-corrected chi connectivity index (χ4v) is 2.07. The van der Waals surface area contributed by atoms with E-state index in [1.54, 1.807) is 6.07 Å². The van der Waals surface area contributed by atoms with Gasteiger partial charge in [0.05, 0.1) is 0 Å². The highest BCUT2D eigenvalue weighted by atomic mass is 16.3. The predicted molar refractivity (Wildman–Crippen MR) is 76.8 cm³/mol. The Hall–Kier alpha value is -2.02. The zero-order valence-corrected chi connectivity index (χ0v) is 10.7. The Labute approximate surface area is 108 Å². The van der Waals surface area contributed by atoms with E-state index in [0.29, 0.717) is 5.75 Å². The van der Waals surface area contributed by atoms with Crippen LogP contribution in [0.3, 0.4) is 0 Å². The summed E-state index contributed by atoms with van der Waals surface area (Å²) in [5.74, 6) is 0.336. The molecule has 0 saturated heterocycles. The fraction of sp³-hybridized carbons (Fsp3) is 0.176. The number of phenolic OH excluding ortho intramolecular Hbond substituents is 1. The molecule has 18 heavy (non-hydrogen) atoms. The van der Waals surface area contributed by atoms with Crippen molar-refractivity contribution in [2.75, 3.05) is 0 Å². The van der Waals surface area contributed by atoms with Gasteiger partial charge in [-0.15, -0.1) is 6.58 Å². The van der Waals surface area contributed by atoms with Gasteiger partial charge in [0.1, 0.15) is 5.75 Å². The Morgan fingerprint density at radius 2 is 1.94 bits per heavy atom. The van der Waals surface area contributed by atoms with E-state index in [9.17, 15) is 5.11 Å². The van der Waals surface area contributed by atoms with Crippen LogP contribution in [0.1, 0.15) is 18.1 Å². The molecule has 0 radical (unpaired) electrons. The van der Waals surface area contributed by atoms with E-state index < -0.39 is 0 Å². The number of allylic oxidation sites excluding steroid dienone is 1. The number of aryl methyl sites for hydroxylation is 1. The largest absolute Gasteiger partial charge is 0.507 e. The molecule has 0 heterocycles. The molecule has 0 aliphatic carbocycles. The average molecular weight is 238 g/mol. The van der Waals surface area contributed by atoms with Gasteiger partial charge >= 0.3 is 0 Å². The molecule has 1 N–H and O–H groups in total. The molecule has 0 aliphatic heterocycles. The lowest BCUT2D eigenvalue weighted by molar-refractivity contribution is 0.477. The van der Waals surface area contributed by atoms with Crippen molar-refractivity contribution in [3.63, 3.8) is 0 Å². The zero-order chi connectivity index (χ0) is 13.0. The minimum atomic E-state index is 0.336. The van der Waals surface area contributed by atoms with Crippen LogP contribution in [0.15, 0.2) is 55.1 Å². The Balaban J connectivity index is 2.47. The molecular weight excluding hydrogens is 220 g/mol. The van der Waals surface area contributed by atoms with Crippen LogP contribution in [0.5, 0.6) is 5.75 Å². The van der Waals surface area contributed by atoms with E-state index in [1.807, 2.05) is 24.3 Å². The van der Waals surface area contributed by atoms with Crippen molar-refractivity contribution >= 4 is 0 Å². The molecule has 0 spiro atoms. The first-order valence-electron chi connectivity index (χ1n) is 6.26. The Morgan fingerprint density at radius 1 is 1.11 bits per heavy atom. The Kier molecular flexibility index (Phi) is 3.83. The molecule has 0 bridgehead atoms. The van der Waals surface area contributed by atoms with Gasteiger partial charge in [0.15, 0.2) is 0 Å². The molecule has 0 aromatic heterocycles. The summed E-state index contributed by atoms with van der Waals surface area (Å²) < 4.78 is 0. The molecule has 0 atom stereocenters. The highest BCUT2D eigenvalue weighted by Crippen LogP contribution is 2.30. The van der Waals surface area contributed by atoms with Gasteiger partial charge in [-0.05, 0) is 41.7 Å². The highest BCUT2D eigenvalue weighted by Gasteiger charge is 2.05. The lowest BCUT2D eigenvalue weighted by Crippen LogP contribution is -1.86. The van der Waals surface area contributed by atoms with Crippen LogP contribution < -0.4 is 0 Å². The van der Waals surface area contributed by atoms with Gasteiger partial charge in [-0.2, -0.15) is 0 Å². The first kappa shape index (κ1) is 12.4. The molecule has 0 amide bonds. The van der Waals surface area contributed by atoms with Crippen molar-refractivity contribution in [1.82, 2.24) is 0 Å². The number of phenols is 1. The summed E-state index contributed by atoms with van der Waals surface area (Å²) in [4.78, 5) is 0.